The zero-order chi connectivity index (χ0) is 28.5. The van der Waals surface area contributed by atoms with Gasteiger partial charge in [-0.05, 0) is 104 Å². The molecule has 212 valence electrons. The second-order valence-electron chi connectivity index (χ2n) is 15.7. The number of aliphatic hydroxyl groups is 1. The van der Waals surface area contributed by atoms with Crippen LogP contribution in [0.15, 0.2) is 11.6 Å². The molecule has 0 saturated heterocycles. The summed E-state index contributed by atoms with van der Waals surface area (Å²) < 4.78 is 5.43. The Balaban J connectivity index is 1.82. The second kappa shape index (κ2) is 9.18. The van der Waals surface area contributed by atoms with Gasteiger partial charge in [-0.25, -0.2) is 0 Å². The minimum absolute atomic E-state index is 0.0319. The average Bonchev–Trinajstić information content (AvgIpc) is 2.82. The molecule has 4 rings (SSSR count). The zero-order valence-corrected chi connectivity index (χ0v) is 25.4. The predicted octanol–water partition coefficient (Wildman–Crippen LogP) is 7.03. The number of rotatable bonds is 4. The predicted molar refractivity (Wildman–Crippen MR) is 149 cm³/mol. The average molecular weight is 526 g/mol. The third kappa shape index (κ3) is 4.11. The minimum Gasteiger partial charge on any atom is -0.469 e. The summed E-state index contributed by atoms with van der Waals surface area (Å²) in [6.07, 6.45) is 9.77. The van der Waals surface area contributed by atoms with Crippen molar-refractivity contribution in [1.82, 2.24) is 0 Å². The molecule has 4 aliphatic rings. The summed E-state index contributed by atoms with van der Waals surface area (Å²) in [7, 11) is 1.54. The van der Waals surface area contributed by atoms with E-state index in [9.17, 15) is 20.0 Å². The van der Waals surface area contributed by atoms with Gasteiger partial charge in [0.1, 0.15) is 6.07 Å². The van der Waals surface area contributed by atoms with Crippen LogP contribution in [0.2, 0.25) is 0 Å². The summed E-state index contributed by atoms with van der Waals surface area (Å²) >= 11 is 0. The molecule has 0 radical (unpaired) electrons. The molecule has 0 spiro atoms. The Hall–Kier alpha value is -1.67. The Morgan fingerprint density at radius 2 is 1.71 bits per heavy atom. The van der Waals surface area contributed by atoms with E-state index in [0.29, 0.717) is 6.42 Å². The molecule has 3 fully saturated rings. The van der Waals surface area contributed by atoms with Gasteiger partial charge in [0, 0.05) is 5.41 Å². The van der Waals surface area contributed by atoms with Gasteiger partial charge in [-0.3, -0.25) is 9.59 Å². The number of aliphatic hydroxyl groups excluding tert-OH is 1. The van der Waals surface area contributed by atoms with Gasteiger partial charge in [-0.1, -0.05) is 54.5 Å². The van der Waals surface area contributed by atoms with Crippen molar-refractivity contribution in [2.24, 2.45) is 50.2 Å². The number of hydrogen-bond donors (Lipinski definition) is 1. The lowest BCUT2D eigenvalue weighted by atomic mass is 9.36. The van der Waals surface area contributed by atoms with E-state index in [2.05, 4.69) is 40.7 Å². The highest BCUT2D eigenvalue weighted by Crippen LogP contribution is 2.72. The number of fused-ring (bicyclic) bond motifs is 2. The van der Waals surface area contributed by atoms with E-state index in [1.165, 1.54) is 7.11 Å². The number of nitriles is 1. The van der Waals surface area contributed by atoms with E-state index < -0.39 is 16.9 Å². The number of allylic oxidation sites excluding steroid dienone is 2. The number of Topliss-reactive ketones (excluding diaryl/α,β-unsaturated/α-hetero) is 1. The first-order valence-electron chi connectivity index (χ1n) is 14.9. The van der Waals surface area contributed by atoms with E-state index >= 15 is 0 Å². The third-order valence-electron chi connectivity index (χ3n) is 12.7. The first kappa shape index (κ1) is 29.3. The fraction of sp³-hybridized carbons (Fsp3) is 0.848. The Bertz CT molecular complexity index is 1070. The maximum absolute atomic E-state index is 13.3. The molecule has 4 aliphatic carbocycles. The van der Waals surface area contributed by atoms with Crippen molar-refractivity contribution >= 4 is 11.8 Å². The van der Waals surface area contributed by atoms with E-state index in [0.717, 1.165) is 51.4 Å². The van der Waals surface area contributed by atoms with Crippen molar-refractivity contribution in [3.63, 3.8) is 0 Å². The molecule has 0 aromatic rings. The van der Waals surface area contributed by atoms with E-state index in [1.807, 2.05) is 26.8 Å². The van der Waals surface area contributed by atoms with Crippen molar-refractivity contribution in [3.8, 4) is 6.07 Å². The smallest absolute Gasteiger partial charge is 0.312 e. The largest absolute Gasteiger partial charge is 0.469 e. The Morgan fingerprint density at radius 3 is 2.29 bits per heavy atom. The molecule has 0 aliphatic heterocycles. The fourth-order valence-electron chi connectivity index (χ4n) is 10.3. The van der Waals surface area contributed by atoms with Crippen LogP contribution in [0, 0.1) is 61.6 Å². The fourth-order valence-corrected chi connectivity index (χ4v) is 10.3. The molecule has 0 bridgehead atoms. The Labute approximate surface area is 230 Å². The van der Waals surface area contributed by atoms with E-state index in [4.69, 9.17) is 4.74 Å². The minimum atomic E-state index is -0.617. The summed E-state index contributed by atoms with van der Waals surface area (Å²) in [6.45, 7) is 17.7. The number of ketones is 1. The van der Waals surface area contributed by atoms with Crippen LogP contribution in [0.5, 0.6) is 0 Å². The number of nitrogens with zero attached hydrogens (tertiary/aromatic N) is 1. The molecule has 1 N–H and O–H groups in total. The monoisotopic (exact) mass is 525 g/mol. The van der Waals surface area contributed by atoms with Crippen LogP contribution in [0.25, 0.3) is 0 Å². The summed E-state index contributed by atoms with van der Waals surface area (Å²) in [5.41, 5.74) is -1.07. The highest BCUT2D eigenvalue weighted by Gasteiger charge is 2.67. The summed E-state index contributed by atoms with van der Waals surface area (Å²) in [4.78, 5) is 26.6. The maximum atomic E-state index is 13.3. The molecular weight excluding hydrogens is 474 g/mol. The van der Waals surface area contributed by atoms with Crippen LogP contribution in [0.3, 0.4) is 0 Å². The first-order chi connectivity index (χ1) is 17.4. The maximum Gasteiger partial charge on any atom is 0.312 e. The van der Waals surface area contributed by atoms with Gasteiger partial charge in [0.15, 0.2) is 5.78 Å². The topological polar surface area (TPSA) is 87.4 Å². The number of carbonyl (C=O) groups is 2. The molecule has 1 unspecified atom stereocenters. The number of carbonyl (C=O) groups excluding carboxylic acids is 2. The number of methoxy groups -OCH3 is 1. The Kier molecular flexibility index (Phi) is 7.09. The number of esters is 1. The van der Waals surface area contributed by atoms with Gasteiger partial charge in [-0.2, -0.15) is 5.26 Å². The van der Waals surface area contributed by atoms with Crippen LogP contribution in [0.4, 0.5) is 0 Å². The lowest BCUT2D eigenvalue weighted by molar-refractivity contribution is -0.192. The van der Waals surface area contributed by atoms with Gasteiger partial charge in [-0.15, -0.1) is 0 Å². The SMILES string of the molecule is COC(=O)[C@]12CCC(C)(C)CC1C[C@](C)([C@]1(C)CC[C@H]3C(C)(C)C(=O)C(C#N)=C[C@]3(C)[C@H]1C[C@@H](C)O)CC2. The molecule has 5 nitrogen and oxygen atoms in total. The summed E-state index contributed by atoms with van der Waals surface area (Å²) in [5, 5.41) is 20.8. The molecule has 0 heterocycles. The van der Waals surface area contributed by atoms with E-state index in [1.54, 1.807) is 0 Å². The van der Waals surface area contributed by atoms with Crippen LogP contribution in [-0.2, 0) is 14.3 Å². The summed E-state index contributed by atoms with van der Waals surface area (Å²) in [6, 6.07) is 2.23. The molecule has 38 heavy (non-hydrogen) atoms. The lowest BCUT2D eigenvalue weighted by Gasteiger charge is -2.67. The normalized spacial score (nSPS) is 44.6. The first-order valence-corrected chi connectivity index (χ1v) is 14.9. The van der Waals surface area contributed by atoms with Crippen LogP contribution in [-0.4, -0.2) is 30.1 Å². The van der Waals surface area contributed by atoms with Crippen molar-refractivity contribution in [2.45, 2.75) is 119 Å². The molecule has 8 atom stereocenters. The van der Waals surface area contributed by atoms with E-state index in [-0.39, 0.29) is 56.7 Å². The third-order valence-corrected chi connectivity index (χ3v) is 12.7. The highest BCUT2D eigenvalue weighted by atomic mass is 16.5. The standard InChI is InChI=1S/C33H51NO4/c1-21(35)16-25-31(7)17-22(20-34)26(36)29(4,5)24(31)10-11-32(25,8)30(6)13-15-33(27(37)38-9)14-12-28(2,3)18-23(33)19-30/h17,21,23-25,35H,10-16,18-19H2,1-9H3/t21-,23?,24+,25-,30-,31+,32-,33+/m1/s1. The van der Waals surface area contributed by atoms with Gasteiger partial charge in [0.05, 0.1) is 24.2 Å². The summed E-state index contributed by atoms with van der Waals surface area (Å²) in [5.74, 6) is 0.415. The molecule has 0 amide bonds. The van der Waals surface area contributed by atoms with Crippen LogP contribution in [0.1, 0.15) is 113 Å². The van der Waals surface area contributed by atoms with Crippen LogP contribution >= 0.6 is 0 Å². The highest BCUT2D eigenvalue weighted by molar-refractivity contribution is 6.04. The van der Waals surface area contributed by atoms with Gasteiger partial charge >= 0.3 is 5.97 Å². The number of ether oxygens (including phenoxy) is 1. The van der Waals surface area contributed by atoms with Crippen molar-refractivity contribution in [3.05, 3.63) is 11.6 Å². The van der Waals surface area contributed by atoms with Gasteiger partial charge in [0.25, 0.3) is 0 Å². The quantitative estimate of drug-likeness (QED) is 0.398. The van der Waals surface area contributed by atoms with Crippen molar-refractivity contribution in [2.75, 3.05) is 7.11 Å². The molecular formula is C33H51NO4. The molecule has 0 aromatic carbocycles. The molecule has 5 heteroatoms. The Morgan fingerprint density at radius 1 is 1.08 bits per heavy atom. The van der Waals surface area contributed by atoms with Crippen molar-refractivity contribution in [1.29, 1.82) is 5.26 Å². The lowest BCUT2D eigenvalue weighted by Crippen LogP contribution is -2.62. The van der Waals surface area contributed by atoms with Crippen molar-refractivity contribution < 1.29 is 19.4 Å². The number of hydrogen-bond acceptors (Lipinski definition) is 5. The molecule has 0 aromatic heterocycles. The van der Waals surface area contributed by atoms with Gasteiger partial charge in [0.2, 0.25) is 0 Å². The second-order valence-corrected chi connectivity index (χ2v) is 15.7. The zero-order valence-electron chi connectivity index (χ0n) is 25.4. The van der Waals surface area contributed by atoms with Crippen LogP contribution < -0.4 is 0 Å². The molecule has 3 saturated carbocycles. The van der Waals surface area contributed by atoms with Gasteiger partial charge < -0.3 is 9.84 Å².